The van der Waals surface area contributed by atoms with Crippen molar-refractivity contribution >= 4 is 11.0 Å². The molecule has 1 unspecified atom stereocenters. The van der Waals surface area contributed by atoms with Gasteiger partial charge in [-0.2, -0.15) is 0 Å². The van der Waals surface area contributed by atoms with E-state index in [0.717, 1.165) is 12.0 Å². The van der Waals surface area contributed by atoms with E-state index in [9.17, 15) is 9.59 Å². The Morgan fingerprint density at radius 1 is 1.05 bits per heavy atom. The summed E-state index contributed by atoms with van der Waals surface area (Å²) in [5.74, 6) is 0.707. The van der Waals surface area contributed by atoms with E-state index in [4.69, 9.17) is 5.73 Å². The van der Waals surface area contributed by atoms with Crippen LogP contribution in [0, 0.1) is 5.92 Å². The van der Waals surface area contributed by atoms with Crippen molar-refractivity contribution in [2.75, 3.05) is 0 Å². The second kappa shape index (κ2) is 5.85. The Bertz CT molecular complexity index is 741. The highest BCUT2D eigenvalue weighted by Crippen LogP contribution is 2.31. The molecule has 5 heteroatoms. The van der Waals surface area contributed by atoms with Crippen molar-refractivity contribution < 1.29 is 0 Å². The van der Waals surface area contributed by atoms with Crippen molar-refractivity contribution in [2.24, 2.45) is 11.7 Å². The molecule has 0 radical (unpaired) electrons. The summed E-state index contributed by atoms with van der Waals surface area (Å²) in [6.45, 7) is 0. The van der Waals surface area contributed by atoms with Gasteiger partial charge in [-0.25, -0.2) is 0 Å². The number of aromatic nitrogens is 2. The highest BCUT2D eigenvalue weighted by Gasteiger charge is 2.18. The van der Waals surface area contributed by atoms with Gasteiger partial charge in [0.25, 0.3) is 0 Å². The molecule has 4 N–H and O–H groups in total. The number of hydrogen-bond donors (Lipinski definition) is 3. The molecule has 1 aliphatic rings. The summed E-state index contributed by atoms with van der Waals surface area (Å²) >= 11 is 0. The average Bonchev–Trinajstić information content (AvgIpc) is 2.49. The van der Waals surface area contributed by atoms with Crippen LogP contribution in [0.4, 0.5) is 0 Å². The van der Waals surface area contributed by atoms with E-state index in [0.29, 0.717) is 17.0 Å². The maximum Gasteiger partial charge on any atom is 0.314 e. The molecule has 0 amide bonds. The molecule has 1 heterocycles. The van der Waals surface area contributed by atoms with E-state index < -0.39 is 11.1 Å². The van der Waals surface area contributed by atoms with Crippen molar-refractivity contribution in [2.45, 2.75) is 44.6 Å². The predicted molar refractivity (Wildman–Crippen MR) is 83.3 cm³/mol. The number of rotatable bonds is 3. The maximum absolute atomic E-state index is 11.4. The molecule has 5 nitrogen and oxygen atoms in total. The Morgan fingerprint density at radius 3 is 2.43 bits per heavy atom. The zero-order valence-corrected chi connectivity index (χ0v) is 12.0. The van der Waals surface area contributed by atoms with Gasteiger partial charge < -0.3 is 15.7 Å². The molecular weight excluding hydrogens is 266 g/mol. The van der Waals surface area contributed by atoms with Gasteiger partial charge in [0.1, 0.15) is 0 Å². The number of benzene rings is 1. The fourth-order valence-corrected chi connectivity index (χ4v) is 3.28. The van der Waals surface area contributed by atoms with Gasteiger partial charge in [-0.3, -0.25) is 9.59 Å². The van der Waals surface area contributed by atoms with Crippen LogP contribution in [0.25, 0.3) is 11.0 Å². The number of aromatic amines is 2. The van der Waals surface area contributed by atoms with Crippen molar-refractivity contribution in [1.82, 2.24) is 9.97 Å². The topological polar surface area (TPSA) is 91.7 Å². The lowest BCUT2D eigenvalue weighted by Gasteiger charge is -2.24. The van der Waals surface area contributed by atoms with E-state index >= 15 is 0 Å². The number of nitrogens with one attached hydrogen (secondary N) is 2. The average molecular weight is 287 g/mol. The summed E-state index contributed by atoms with van der Waals surface area (Å²) in [7, 11) is 0. The summed E-state index contributed by atoms with van der Waals surface area (Å²) in [5, 5.41) is 0. The van der Waals surface area contributed by atoms with Gasteiger partial charge in [0.2, 0.25) is 0 Å². The summed E-state index contributed by atoms with van der Waals surface area (Å²) < 4.78 is 0. The third-order valence-electron chi connectivity index (χ3n) is 4.49. The molecule has 1 fully saturated rings. The Labute approximate surface area is 122 Å². The van der Waals surface area contributed by atoms with Crippen LogP contribution in [0.5, 0.6) is 0 Å². The van der Waals surface area contributed by atoms with Crippen molar-refractivity contribution in [3.8, 4) is 0 Å². The smallest absolute Gasteiger partial charge is 0.314 e. The first-order chi connectivity index (χ1) is 10.1. The normalized spacial score (nSPS) is 18.0. The molecule has 1 aromatic heterocycles. The summed E-state index contributed by atoms with van der Waals surface area (Å²) in [5.41, 5.74) is 7.35. The second-order valence-corrected chi connectivity index (χ2v) is 6.06. The van der Waals surface area contributed by atoms with Crippen molar-refractivity contribution in [3.05, 3.63) is 44.5 Å². The molecular formula is C16H21N3O2. The zero-order chi connectivity index (χ0) is 14.8. The molecule has 0 spiro atoms. The largest absolute Gasteiger partial charge is 0.324 e. The number of hydrogen-bond acceptors (Lipinski definition) is 3. The second-order valence-electron chi connectivity index (χ2n) is 6.06. The number of nitrogens with two attached hydrogens (primary N) is 1. The van der Waals surface area contributed by atoms with Crippen LogP contribution < -0.4 is 16.9 Å². The van der Waals surface area contributed by atoms with Gasteiger partial charge in [-0.1, -0.05) is 38.2 Å². The first-order valence-electron chi connectivity index (χ1n) is 7.65. The molecule has 3 rings (SSSR count). The van der Waals surface area contributed by atoms with E-state index in [1.807, 2.05) is 18.2 Å². The SMILES string of the molecule is NC(CC1CCCCC1)c1ccc2[nH]c(=O)c(=O)[nH]c2c1. The molecule has 0 aliphatic heterocycles. The molecule has 1 aromatic carbocycles. The molecule has 0 bridgehead atoms. The quantitative estimate of drug-likeness (QED) is 0.756. The van der Waals surface area contributed by atoms with Crippen molar-refractivity contribution in [3.63, 3.8) is 0 Å². The summed E-state index contributed by atoms with van der Waals surface area (Å²) in [4.78, 5) is 27.9. The molecule has 0 saturated heterocycles. The van der Waals surface area contributed by atoms with Gasteiger partial charge in [0, 0.05) is 6.04 Å². The lowest BCUT2D eigenvalue weighted by molar-refractivity contribution is 0.319. The Hall–Kier alpha value is -1.88. The molecule has 1 atom stereocenters. The minimum Gasteiger partial charge on any atom is -0.324 e. The molecule has 21 heavy (non-hydrogen) atoms. The monoisotopic (exact) mass is 287 g/mol. The zero-order valence-electron chi connectivity index (χ0n) is 12.0. The number of fused-ring (bicyclic) bond motifs is 1. The van der Waals surface area contributed by atoms with E-state index in [-0.39, 0.29) is 6.04 Å². The van der Waals surface area contributed by atoms with Crippen LogP contribution in [0.2, 0.25) is 0 Å². The molecule has 2 aromatic rings. The Morgan fingerprint density at radius 2 is 1.71 bits per heavy atom. The van der Waals surface area contributed by atoms with E-state index in [1.54, 1.807) is 0 Å². The van der Waals surface area contributed by atoms with E-state index in [2.05, 4.69) is 9.97 Å². The fraction of sp³-hybridized carbons (Fsp3) is 0.500. The van der Waals surface area contributed by atoms with E-state index in [1.165, 1.54) is 32.1 Å². The fourth-order valence-electron chi connectivity index (χ4n) is 3.28. The maximum atomic E-state index is 11.4. The van der Waals surface area contributed by atoms with Crippen LogP contribution in [-0.4, -0.2) is 9.97 Å². The Kier molecular flexibility index (Phi) is 3.92. The van der Waals surface area contributed by atoms with Gasteiger partial charge in [-0.15, -0.1) is 0 Å². The van der Waals surface area contributed by atoms with Crippen molar-refractivity contribution in [1.29, 1.82) is 0 Å². The van der Waals surface area contributed by atoms with Crippen LogP contribution in [-0.2, 0) is 0 Å². The van der Waals surface area contributed by atoms with Gasteiger partial charge in [0.15, 0.2) is 0 Å². The predicted octanol–water partition coefficient (Wildman–Crippen LogP) is 2.19. The molecule has 112 valence electrons. The van der Waals surface area contributed by atoms with Crippen LogP contribution in [0.1, 0.15) is 50.1 Å². The first kappa shape index (κ1) is 14.1. The van der Waals surface area contributed by atoms with Gasteiger partial charge in [0.05, 0.1) is 11.0 Å². The van der Waals surface area contributed by atoms with Crippen LogP contribution in [0.3, 0.4) is 0 Å². The van der Waals surface area contributed by atoms with Crippen LogP contribution in [0.15, 0.2) is 27.8 Å². The highest BCUT2D eigenvalue weighted by molar-refractivity contribution is 5.74. The third kappa shape index (κ3) is 3.08. The minimum absolute atomic E-state index is 0.0204. The minimum atomic E-state index is -0.625. The molecule has 1 saturated carbocycles. The van der Waals surface area contributed by atoms with Gasteiger partial charge in [-0.05, 0) is 30.0 Å². The summed E-state index contributed by atoms with van der Waals surface area (Å²) in [6, 6.07) is 5.60. The third-order valence-corrected chi connectivity index (χ3v) is 4.49. The standard InChI is InChI=1S/C16H21N3O2/c17-12(8-10-4-2-1-3-5-10)11-6-7-13-14(9-11)19-16(21)15(20)18-13/h6-7,9-10,12H,1-5,8,17H2,(H,18,20)(H,19,21). The number of H-pyrrole nitrogens is 2. The molecule has 1 aliphatic carbocycles. The van der Waals surface area contributed by atoms with Gasteiger partial charge >= 0.3 is 11.1 Å². The lowest BCUT2D eigenvalue weighted by Crippen LogP contribution is -2.29. The first-order valence-corrected chi connectivity index (χ1v) is 7.65. The summed E-state index contributed by atoms with van der Waals surface area (Å²) in [6.07, 6.45) is 7.49. The Balaban J connectivity index is 1.84. The highest BCUT2D eigenvalue weighted by atomic mass is 16.2. The van der Waals surface area contributed by atoms with Crippen LogP contribution >= 0.6 is 0 Å². The lowest BCUT2D eigenvalue weighted by atomic mass is 9.83.